The Kier molecular flexibility index (Phi) is 5.58. The van der Waals surface area contributed by atoms with E-state index in [9.17, 15) is 18.0 Å². The Balaban J connectivity index is 1.55. The maximum atomic E-state index is 13.9. The third kappa shape index (κ3) is 4.39. The lowest BCUT2D eigenvalue weighted by molar-refractivity contribution is -0.142. The van der Waals surface area contributed by atoms with E-state index in [0.717, 1.165) is 17.8 Å². The summed E-state index contributed by atoms with van der Waals surface area (Å²) in [5.74, 6) is 0.647. The molecule has 2 aromatic heterocycles. The van der Waals surface area contributed by atoms with E-state index in [1.165, 1.54) is 0 Å². The molecule has 4 aromatic rings. The summed E-state index contributed by atoms with van der Waals surface area (Å²) in [5.41, 5.74) is 0.730. The van der Waals surface area contributed by atoms with Crippen LogP contribution >= 0.6 is 0 Å². The van der Waals surface area contributed by atoms with Gasteiger partial charge in [-0.3, -0.25) is 4.79 Å². The van der Waals surface area contributed by atoms with E-state index >= 15 is 0 Å². The second kappa shape index (κ2) is 8.61. The van der Waals surface area contributed by atoms with Crippen molar-refractivity contribution in [1.82, 2.24) is 14.6 Å². The van der Waals surface area contributed by atoms with Crippen LogP contribution in [0.5, 0.6) is 11.5 Å². The predicted molar refractivity (Wildman–Crippen MR) is 123 cm³/mol. The third-order valence-corrected chi connectivity index (χ3v) is 5.68. The Morgan fingerprint density at radius 1 is 1.03 bits per heavy atom. The number of halogens is 3. The molecule has 0 radical (unpaired) electrons. The number of benzene rings is 2. The molecule has 1 aliphatic rings. The van der Waals surface area contributed by atoms with Gasteiger partial charge in [-0.1, -0.05) is 38.1 Å². The first-order valence-electron chi connectivity index (χ1n) is 11.0. The molecule has 0 spiro atoms. The van der Waals surface area contributed by atoms with E-state index in [1.807, 2.05) is 26.0 Å². The standard InChI is InChI=1S/C25H21F3N4O3/c1-14(2)15-3-5-16(6-4-15)19-12-22(25(26,27)28)32-23(31-19)18(13-29-32)24(33)30-17-7-8-20-21(11-17)35-10-9-34-20/h3-8,11-14H,9-10H2,1-2H3,(H,30,33). The summed E-state index contributed by atoms with van der Waals surface area (Å²) in [7, 11) is 0. The molecule has 0 fully saturated rings. The van der Waals surface area contributed by atoms with E-state index in [0.29, 0.717) is 40.5 Å². The number of amides is 1. The first kappa shape index (κ1) is 22.7. The number of carbonyl (C=O) groups is 1. The fourth-order valence-corrected chi connectivity index (χ4v) is 3.83. The quantitative estimate of drug-likeness (QED) is 0.412. The molecule has 7 nitrogen and oxygen atoms in total. The minimum Gasteiger partial charge on any atom is -0.486 e. The van der Waals surface area contributed by atoms with Gasteiger partial charge in [-0.05, 0) is 29.7 Å². The maximum absolute atomic E-state index is 13.9. The lowest BCUT2D eigenvalue weighted by Crippen LogP contribution is -2.17. The average molecular weight is 482 g/mol. The highest BCUT2D eigenvalue weighted by molar-refractivity contribution is 6.08. The van der Waals surface area contributed by atoms with E-state index in [1.54, 1.807) is 30.3 Å². The summed E-state index contributed by atoms with van der Waals surface area (Å²) >= 11 is 0. The number of fused-ring (bicyclic) bond motifs is 2. The highest BCUT2D eigenvalue weighted by Crippen LogP contribution is 2.34. The molecule has 0 bridgehead atoms. The van der Waals surface area contributed by atoms with Crippen molar-refractivity contribution in [3.8, 4) is 22.8 Å². The molecule has 1 N–H and O–H groups in total. The highest BCUT2D eigenvalue weighted by atomic mass is 19.4. The molecule has 3 heterocycles. The summed E-state index contributed by atoms with van der Waals surface area (Å²) in [5, 5.41) is 6.49. The molecular formula is C25H21F3N4O3. The summed E-state index contributed by atoms with van der Waals surface area (Å²) in [6.07, 6.45) is -3.63. The smallest absolute Gasteiger partial charge is 0.433 e. The summed E-state index contributed by atoms with van der Waals surface area (Å²) in [6.45, 7) is 4.86. The molecule has 0 unspecified atom stereocenters. The minimum atomic E-state index is -4.70. The van der Waals surface area contributed by atoms with Gasteiger partial charge in [0.25, 0.3) is 5.91 Å². The number of alkyl halides is 3. The normalized spacial score (nSPS) is 13.3. The Hall–Kier alpha value is -4.08. The van der Waals surface area contributed by atoms with Crippen LogP contribution in [-0.4, -0.2) is 33.7 Å². The van der Waals surface area contributed by atoms with Gasteiger partial charge in [0.2, 0.25) is 0 Å². The molecule has 0 saturated heterocycles. The van der Waals surface area contributed by atoms with Crippen LogP contribution in [0.2, 0.25) is 0 Å². The largest absolute Gasteiger partial charge is 0.486 e. The molecule has 10 heteroatoms. The zero-order valence-corrected chi connectivity index (χ0v) is 18.9. The highest BCUT2D eigenvalue weighted by Gasteiger charge is 2.36. The van der Waals surface area contributed by atoms with Crippen LogP contribution in [-0.2, 0) is 6.18 Å². The minimum absolute atomic E-state index is 0.0916. The van der Waals surface area contributed by atoms with E-state index in [4.69, 9.17) is 9.47 Å². The molecule has 1 amide bonds. The second-order valence-corrected chi connectivity index (χ2v) is 8.41. The number of rotatable bonds is 4. The van der Waals surface area contributed by atoms with Crippen molar-refractivity contribution in [2.45, 2.75) is 25.9 Å². The SMILES string of the molecule is CC(C)c1ccc(-c2cc(C(F)(F)F)n3ncc(C(=O)Nc4ccc5c(c4)OCCO5)c3n2)cc1. The molecular weight excluding hydrogens is 461 g/mol. The number of nitrogens with zero attached hydrogens (tertiary/aromatic N) is 3. The Bertz CT molecular complexity index is 1410. The number of ether oxygens (including phenoxy) is 2. The van der Waals surface area contributed by atoms with Crippen LogP contribution in [0.1, 0.15) is 41.4 Å². The molecule has 0 atom stereocenters. The number of aromatic nitrogens is 3. The van der Waals surface area contributed by atoms with E-state index < -0.39 is 17.8 Å². The van der Waals surface area contributed by atoms with Gasteiger partial charge in [0.05, 0.1) is 11.9 Å². The fourth-order valence-electron chi connectivity index (χ4n) is 3.83. The molecule has 0 saturated carbocycles. The molecule has 5 rings (SSSR count). The summed E-state index contributed by atoms with van der Waals surface area (Å²) in [4.78, 5) is 17.4. The Morgan fingerprint density at radius 3 is 2.43 bits per heavy atom. The number of hydrogen-bond acceptors (Lipinski definition) is 5. The van der Waals surface area contributed by atoms with Gasteiger partial charge in [-0.2, -0.15) is 18.3 Å². The van der Waals surface area contributed by atoms with Gasteiger partial charge in [-0.15, -0.1) is 0 Å². The zero-order chi connectivity index (χ0) is 24.7. The third-order valence-electron chi connectivity index (χ3n) is 5.68. The van der Waals surface area contributed by atoms with Crippen LogP contribution in [0.3, 0.4) is 0 Å². The van der Waals surface area contributed by atoms with Crippen molar-refractivity contribution in [2.24, 2.45) is 0 Å². The topological polar surface area (TPSA) is 77.8 Å². The van der Waals surface area contributed by atoms with Crippen molar-refractivity contribution in [3.63, 3.8) is 0 Å². The van der Waals surface area contributed by atoms with Crippen LogP contribution < -0.4 is 14.8 Å². The van der Waals surface area contributed by atoms with Crippen molar-refractivity contribution < 1.29 is 27.4 Å². The van der Waals surface area contributed by atoms with Crippen LogP contribution in [0.25, 0.3) is 16.9 Å². The number of nitrogens with one attached hydrogen (secondary N) is 1. The fraction of sp³-hybridized carbons (Fsp3) is 0.240. The molecule has 180 valence electrons. The van der Waals surface area contributed by atoms with Crippen molar-refractivity contribution in [2.75, 3.05) is 18.5 Å². The van der Waals surface area contributed by atoms with Gasteiger partial charge in [-0.25, -0.2) is 9.50 Å². The van der Waals surface area contributed by atoms with E-state index in [-0.39, 0.29) is 22.8 Å². The predicted octanol–water partition coefficient (Wildman–Crippen LogP) is 5.56. The molecule has 0 aliphatic carbocycles. The molecule has 1 aliphatic heterocycles. The van der Waals surface area contributed by atoms with Crippen molar-refractivity contribution in [1.29, 1.82) is 0 Å². The monoisotopic (exact) mass is 482 g/mol. The van der Waals surface area contributed by atoms with Crippen LogP contribution in [0, 0.1) is 0 Å². The summed E-state index contributed by atoms with van der Waals surface area (Å²) < 4.78 is 53.3. The van der Waals surface area contributed by atoms with Gasteiger partial charge in [0, 0.05) is 17.3 Å². The Labute approximate surface area is 198 Å². The van der Waals surface area contributed by atoms with Gasteiger partial charge < -0.3 is 14.8 Å². The molecule has 2 aromatic carbocycles. The second-order valence-electron chi connectivity index (χ2n) is 8.41. The number of carbonyl (C=O) groups excluding carboxylic acids is 1. The van der Waals surface area contributed by atoms with Gasteiger partial charge in [0.1, 0.15) is 18.8 Å². The lowest BCUT2D eigenvalue weighted by atomic mass is 10.0. The Morgan fingerprint density at radius 2 is 1.74 bits per heavy atom. The number of hydrogen-bond donors (Lipinski definition) is 1. The summed E-state index contributed by atoms with van der Waals surface area (Å²) in [6, 6.07) is 12.9. The zero-order valence-electron chi connectivity index (χ0n) is 18.9. The van der Waals surface area contributed by atoms with Gasteiger partial charge >= 0.3 is 6.18 Å². The van der Waals surface area contributed by atoms with Gasteiger partial charge in [0.15, 0.2) is 22.8 Å². The first-order valence-corrected chi connectivity index (χ1v) is 11.0. The molecule has 35 heavy (non-hydrogen) atoms. The lowest BCUT2D eigenvalue weighted by Gasteiger charge is -2.19. The maximum Gasteiger partial charge on any atom is 0.433 e. The average Bonchev–Trinajstić information content (AvgIpc) is 3.27. The van der Waals surface area contributed by atoms with E-state index in [2.05, 4.69) is 15.4 Å². The number of anilines is 1. The first-order chi connectivity index (χ1) is 16.7. The van der Waals surface area contributed by atoms with Crippen molar-refractivity contribution in [3.05, 3.63) is 71.5 Å². The van der Waals surface area contributed by atoms with Crippen LogP contribution in [0.4, 0.5) is 18.9 Å². The van der Waals surface area contributed by atoms with Crippen molar-refractivity contribution >= 4 is 17.2 Å². The van der Waals surface area contributed by atoms with Crippen LogP contribution in [0.15, 0.2) is 54.7 Å².